The van der Waals surface area contributed by atoms with Crippen LogP contribution in [0.2, 0.25) is 0 Å². The summed E-state index contributed by atoms with van der Waals surface area (Å²) in [4.78, 5) is 21.7. The van der Waals surface area contributed by atoms with Gasteiger partial charge in [-0.2, -0.15) is 0 Å². The van der Waals surface area contributed by atoms with Gasteiger partial charge in [0.05, 0.1) is 6.04 Å². The maximum atomic E-state index is 11.3. The molecule has 0 aliphatic heterocycles. The summed E-state index contributed by atoms with van der Waals surface area (Å²) < 4.78 is 0. The first-order valence-electron chi connectivity index (χ1n) is 4.84. The Kier molecular flexibility index (Phi) is 6.96. The van der Waals surface area contributed by atoms with Gasteiger partial charge in [0.15, 0.2) is 0 Å². The van der Waals surface area contributed by atoms with Gasteiger partial charge in [0.25, 0.3) is 0 Å². The first-order valence-corrected chi connectivity index (χ1v) is 4.84. The molecule has 0 bridgehead atoms. The molecule has 1 amide bonds. The molecule has 0 aromatic heterocycles. The lowest BCUT2D eigenvalue weighted by Gasteiger charge is -2.08. The number of carbonyl (C=O) groups is 2. The Morgan fingerprint density at radius 1 is 1.14 bits per heavy atom. The van der Waals surface area contributed by atoms with E-state index in [2.05, 4.69) is 0 Å². The van der Waals surface area contributed by atoms with Crippen LogP contribution in [0.5, 0.6) is 0 Å². The van der Waals surface area contributed by atoms with E-state index in [-0.39, 0.29) is 18.6 Å². The van der Waals surface area contributed by atoms with Gasteiger partial charge in [-0.1, -0.05) is 6.42 Å². The Labute approximate surface area is 84.0 Å². The number of ketones is 1. The smallest absolute Gasteiger partial charge is 0.217 e. The van der Waals surface area contributed by atoms with Crippen molar-refractivity contribution in [1.82, 2.24) is 0 Å². The van der Waals surface area contributed by atoms with Gasteiger partial charge in [-0.15, -0.1) is 0 Å². The van der Waals surface area contributed by atoms with Crippen molar-refractivity contribution in [3.05, 3.63) is 0 Å². The topological polar surface area (TPSA) is 112 Å². The van der Waals surface area contributed by atoms with Gasteiger partial charge in [0.2, 0.25) is 5.91 Å². The Morgan fingerprint density at radius 3 is 2.29 bits per heavy atom. The van der Waals surface area contributed by atoms with Crippen molar-refractivity contribution < 1.29 is 9.59 Å². The summed E-state index contributed by atoms with van der Waals surface area (Å²) in [7, 11) is 0. The highest BCUT2D eigenvalue weighted by Gasteiger charge is 2.13. The average molecular weight is 201 g/mol. The van der Waals surface area contributed by atoms with E-state index in [1.165, 1.54) is 0 Å². The van der Waals surface area contributed by atoms with Crippen LogP contribution in [0.3, 0.4) is 0 Å². The Morgan fingerprint density at radius 2 is 1.79 bits per heavy atom. The number of primary amides is 1. The van der Waals surface area contributed by atoms with Gasteiger partial charge >= 0.3 is 0 Å². The number of unbranched alkanes of at least 4 members (excludes halogenated alkanes) is 1. The summed E-state index contributed by atoms with van der Waals surface area (Å²) in [5.74, 6) is -0.562. The van der Waals surface area contributed by atoms with Crippen LogP contribution in [0.1, 0.15) is 32.1 Å². The molecule has 1 atom stereocenters. The highest BCUT2D eigenvalue weighted by Crippen LogP contribution is 2.02. The Bertz CT molecular complexity index is 194. The van der Waals surface area contributed by atoms with Gasteiger partial charge in [-0.05, 0) is 19.4 Å². The second-order valence-electron chi connectivity index (χ2n) is 3.32. The van der Waals surface area contributed by atoms with Crippen molar-refractivity contribution in [3.8, 4) is 0 Å². The van der Waals surface area contributed by atoms with Gasteiger partial charge in [0.1, 0.15) is 5.78 Å². The van der Waals surface area contributed by atoms with Crippen LogP contribution >= 0.6 is 0 Å². The summed E-state index contributed by atoms with van der Waals surface area (Å²) >= 11 is 0. The van der Waals surface area contributed by atoms with Crippen molar-refractivity contribution >= 4 is 11.7 Å². The van der Waals surface area contributed by atoms with E-state index in [1.807, 2.05) is 0 Å². The first-order chi connectivity index (χ1) is 6.57. The lowest BCUT2D eigenvalue weighted by Crippen LogP contribution is -2.31. The highest BCUT2D eigenvalue weighted by molar-refractivity contribution is 5.87. The Hall–Kier alpha value is -0.940. The normalized spacial score (nSPS) is 12.4. The van der Waals surface area contributed by atoms with Crippen molar-refractivity contribution in [1.29, 1.82) is 0 Å². The van der Waals surface area contributed by atoms with Crippen molar-refractivity contribution in [2.75, 3.05) is 6.54 Å². The molecule has 0 aromatic rings. The van der Waals surface area contributed by atoms with Crippen molar-refractivity contribution in [2.45, 2.75) is 38.1 Å². The number of Topliss-reactive ketones (excluding diaryl/α,β-unsaturated/α-hetero) is 1. The molecule has 0 aliphatic carbocycles. The monoisotopic (exact) mass is 201 g/mol. The molecule has 82 valence electrons. The van der Waals surface area contributed by atoms with E-state index in [9.17, 15) is 9.59 Å². The van der Waals surface area contributed by atoms with E-state index < -0.39 is 11.9 Å². The zero-order chi connectivity index (χ0) is 11.0. The van der Waals surface area contributed by atoms with Crippen molar-refractivity contribution in [3.63, 3.8) is 0 Å². The third kappa shape index (κ3) is 6.56. The maximum absolute atomic E-state index is 11.3. The van der Waals surface area contributed by atoms with E-state index in [0.29, 0.717) is 13.0 Å². The average Bonchev–Trinajstić information content (AvgIpc) is 2.14. The number of hydrogen-bond acceptors (Lipinski definition) is 4. The van der Waals surface area contributed by atoms with Crippen LogP contribution in [-0.2, 0) is 9.59 Å². The van der Waals surface area contributed by atoms with Gasteiger partial charge in [-0.25, -0.2) is 0 Å². The minimum Gasteiger partial charge on any atom is -0.370 e. The molecule has 0 unspecified atom stereocenters. The van der Waals surface area contributed by atoms with Crippen LogP contribution in [0, 0.1) is 0 Å². The quantitative estimate of drug-likeness (QED) is 0.450. The van der Waals surface area contributed by atoms with Gasteiger partial charge in [0, 0.05) is 12.8 Å². The molecule has 0 heterocycles. The molecule has 6 N–H and O–H groups in total. The summed E-state index contributed by atoms with van der Waals surface area (Å²) in [5.41, 5.74) is 15.8. The standard InChI is InChI=1S/C9H19N3O2/c10-6-2-1-3-7(11)8(13)4-5-9(12)14/h7H,1-6,10-11H2,(H2,12,14)/t7-/m0/s1. The lowest BCUT2D eigenvalue weighted by atomic mass is 10.0. The summed E-state index contributed by atoms with van der Waals surface area (Å²) in [5, 5.41) is 0. The largest absolute Gasteiger partial charge is 0.370 e. The van der Waals surface area contributed by atoms with Crippen LogP contribution in [0.15, 0.2) is 0 Å². The predicted molar refractivity (Wildman–Crippen MR) is 54.3 cm³/mol. The zero-order valence-corrected chi connectivity index (χ0v) is 8.37. The van der Waals surface area contributed by atoms with E-state index in [4.69, 9.17) is 17.2 Å². The fourth-order valence-electron chi connectivity index (χ4n) is 1.10. The third-order valence-electron chi connectivity index (χ3n) is 2.00. The molecule has 5 heteroatoms. The third-order valence-corrected chi connectivity index (χ3v) is 2.00. The molecular weight excluding hydrogens is 182 g/mol. The van der Waals surface area contributed by atoms with Crippen LogP contribution < -0.4 is 17.2 Å². The fraction of sp³-hybridized carbons (Fsp3) is 0.778. The molecule has 5 nitrogen and oxygen atoms in total. The highest BCUT2D eigenvalue weighted by atomic mass is 16.1. The van der Waals surface area contributed by atoms with E-state index >= 15 is 0 Å². The predicted octanol–water partition coefficient (Wildman–Crippen LogP) is -0.723. The SMILES string of the molecule is NCCCC[C@H](N)C(=O)CCC(N)=O. The molecule has 0 spiro atoms. The van der Waals surface area contributed by atoms with Crippen LogP contribution in [0.25, 0.3) is 0 Å². The molecule has 14 heavy (non-hydrogen) atoms. The van der Waals surface area contributed by atoms with E-state index in [1.54, 1.807) is 0 Å². The molecule has 0 fully saturated rings. The van der Waals surface area contributed by atoms with Gasteiger partial charge in [-0.3, -0.25) is 9.59 Å². The second-order valence-corrected chi connectivity index (χ2v) is 3.32. The van der Waals surface area contributed by atoms with Gasteiger partial charge < -0.3 is 17.2 Å². The number of carbonyl (C=O) groups excluding carboxylic acids is 2. The molecule has 0 aliphatic rings. The molecule has 0 rings (SSSR count). The Balaban J connectivity index is 3.59. The minimum absolute atomic E-state index is 0.0867. The summed E-state index contributed by atoms with van der Waals surface area (Å²) in [6.45, 7) is 0.613. The molecule has 0 radical (unpaired) electrons. The molecule has 0 aromatic carbocycles. The summed E-state index contributed by atoms with van der Waals surface area (Å²) in [6, 6.07) is -0.471. The first kappa shape index (κ1) is 13.1. The zero-order valence-electron chi connectivity index (χ0n) is 8.37. The number of amides is 1. The number of rotatable bonds is 8. The lowest BCUT2D eigenvalue weighted by molar-refractivity contribution is -0.124. The molecular formula is C9H19N3O2. The molecule has 0 saturated carbocycles. The number of nitrogens with two attached hydrogens (primary N) is 3. The fourth-order valence-corrected chi connectivity index (χ4v) is 1.10. The summed E-state index contributed by atoms with van der Waals surface area (Å²) in [6.07, 6.45) is 2.59. The second kappa shape index (κ2) is 7.46. The van der Waals surface area contributed by atoms with Crippen LogP contribution in [0.4, 0.5) is 0 Å². The minimum atomic E-state index is -0.471. The molecule has 0 saturated heterocycles. The van der Waals surface area contributed by atoms with Crippen molar-refractivity contribution in [2.24, 2.45) is 17.2 Å². The number of hydrogen-bond donors (Lipinski definition) is 3. The van der Waals surface area contributed by atoms with Crippen LogP contribution in [-0.4, -0.2) is 24.3 Å². The maximum Gasteiger partial charge on any atom is 0.217 e. The van der Waals surface area contributed by atoms with E-state index in [0.717, 1.165) is 12.8 Å².